The molecule has 1 amide bonds. The standard InChI is InChI=1S/C14H14ClN3O3S/c15-11-3-1-5-13(9-11)22(20,21)17-8-6-14(19)18-12-4-2-7-16-10-12/h1-5,7,9-10,17H,6,8H2,(H,18,19). The molecule has 1 heterocycles. The van der Waals surface area contributed by atoms with Crippen LogP contribution in [-0.2, 0) is 14.8 Å². The zero-order valence-electron chi connectivity index (χ0n) is 11.5. The molecule has 2 aromatic rings. The number of carbonyl (C=O) groups is 1. The third kappa shape index (κ3) is 4.80. The van der Waals surface area contributed by atoms with Gasteiger partial charge in [0.05, 0.1) is 16.8 Å². The summed E-state index contributed by atoms with van der Waals surface area (Å²) in [6.45, 7) is -0.0130. The Kier molecular flexibility index (Phi) is 5.48. The molecule has 0 aliphatic carbocycles. The summed E-state index contributed by atoms with van der Waals surface area (Å²) in [5.74, 6) is -0.304. The zero-order chi connectivity index (χ0) is 16.0. The number of nitrogens with one attached hydrogen (secondary N) is 2. The summed E-state index contributed by atoms with van der Waals surface area (Å²) >= 11 is 5.76. The van der Waals surface area contributed by atoms with Gasteiger partial charge in [0.2, 0.25) is 15.9 Å². The molecule has 8 heteroatoms. The lowest BCUT2D eigenvalue weighted by Crippen LogP contribution is -2.27. The van der Waals surface area contributed by atoms with Crippen LogP contribution in [0.25, 0.3) is 0 Å². The predicted molar refractivity (Wildman–Crippen MR) is 84.1 cm³/mol. The van der Waals surface area contributed by atoms with Gasteiger partial charge in [-0.1, -0.05) is 17.7 Å². The van der Waals surface area contributed by atoms with E-state index in [1.165, 1.54) is 18.3 Å². The number of anilines is 1. The van der Waals surface area contributed by atoms with Crippen molar-refractivity contribution in [1.29, 1.82) is 0 Å². The van der Waals surface area contributed by atoms with E-state index in [1.807, 2.05) is 0 Å². The SMILES string of the molecule is O=C(CCNS(=O)(=O)c1cccc(Cl)c1)Nc1cccnc1. The van der Waals surface area contributed by atoms with Gasteiger partial charge in [0, 0.05) is 24.2 Å². The number of rotatable bonds is 6. The number of hydrogen-bond donors (Lipinski definition) is 2. The van der Waals surface area contributed by atoms with Crippen LogP contribution < -0.4 is 10.0 Å². The Morgan fingerprint density at radius 3 is 2.73 bits per heavy atom. The fraction of sp³-hybridized carbons (Fsp3) is 0.143. The van der Waals surface area contributed by atoms with Gasteiger partial charge in [-0.3, -0.25) is 9.78 Å². The first-order valence-corrected chi connectivity index (χ1v) is 8.28. The van der Waals surface area contributed by atoms with Gasteiger partial charge in [-0.05, 0) is 30.3 Å². The third-order valence-electron chi connectivity index (χ3n) is 2.70. The van der Waals surface area contributed by atoms with Crippen LogP contribution in [0.1, 0.15) is 6.42 Å². The van der Waals surface area contributed by atoms with Crippen LogP contribution >= 0.6 is 11.6 Å². The maximum absolute atomic E-state index is 12.0. The van der Waals surface area contributed by atoms with Gasteiger partial charge in [-0.25, -0.2) is 13.1 Å². The Morgan fingerprint density at radius 2 is 2.05 bits per heavy atom. The van der Waals surface area contributed by atoms with Gasteiger partial charge < -0.3 is 5.32 Å². The van der Waals surface area contributed by atoms with Crippen LogP contribution in [0.3, 0.4) is 0 Å². The lowest BCUT2D eigenvalue weighted by molar-refractivity contribution is -0.116. The van der Waals surface area contributed by atoms with Gasteiger partial charge in [-0.2, -0.15) is 0 Å². The predicted octanol–water partition coefficient (Wildman–Crippen LogP) is 2.04. The molecular weight excluding hydrogens is 326 g/mol. The van der Waals surface area contributed by atoms with Crippen LogP contribution in [0.4, 0.5) is 5.69 Å². The summed E-state index contributed by atoms with van der Waals surface area (Å²) in [6, 6.07) is 9.30. The highest BCUT2D eigenvalue weighted by atomic mass is 35.5. The van der Waals surface area contributed by atoms with Gasteiger partial charge in [0.1, 0.15) is 0 Å². The van der Waals surface area contributed by atoms with Gasteiger partial charge >= 0.3 is 0 Å². The van der Waals surface area contributed by atoms with E-state index in [2.05, 4.69) is 15.0 Å². The van der Waals surface area contributed by atoms with Crippen molar-refractivity contribution in [3.63, 3.8) is 0 Å². The van der Waals surface area contributed by atoms with Crippen LogP contribution in [0, 0.1) is 0 Å². The minimum atomic E-state index is -3.68. The first-order valence-electron chi connectivity index (χ1n) is 6.42. The molecule has 1 aromatic carbocycles. The number of sulfonamides is 1. The average Bonchev–Trinajstić information content (AvgIpc) is 2.48. The van der Waals surface area contributed by atoms with Gasteiger partial charge in [-0.15, -0.1) is 0 Å². The van der Waals surface area contributed by atoms with Crippen molar-refractivity contribution in [2.45, 2.75) is 11.3 Å². The Labute approximate surface area is 133 Å². The van der Waals surface area contributed by atoms with E-state index < -0.39 is 10.0 Å². The zero-order valence-corrected chi connectivity index (χ0v) is 13.1. The lowest BCUT2D eigenvalue weighted by atomic mass is 10.3. The molecule has 2 rings (SSSR count). The second kappa shape index (κ2) is 7.35. The summed E-state index contributed by atoms with van der Waals surface area (Å²) in [7, 11) is -3.68. The Hall–Kier alpha value is -1.96. The molecule has 1 aromatic heterocycles. The Balaban J connectivity index is 1.86. The van der Waals surface area contributed by atoms with E-state index in [-0.39, 0.29) is 23.8 Å². The molecule has 0 bridgehead atoms. The summed E-state index contributed by atoms with van der Waals surface area (Å²) < 4.78 is 26.4. The van der Waals surface area contributed by atoms with Crippen molar-refractivity contribution in [2.75, 3.05) is 11.9 Å². The highest BCUT2D eigenvalue weighted by molar-refractivity contribution is 7.89. The Morgan fingerprint density at radius 1 is 1.23 bits per heavy atom. The van der Waals surface area contributed by atoms with Crippen molar-refractivity contribution in [3.8, 4) is 0 Å². The molecule has 6 nitrogen and oxygen atoms in total. The average molecular weight is 340 g/mol. The molecule has 0 saturated carbocycles. The highest BCUT2D eigenvalue weighted by Crippen LogP contribution is 2.15. The number of benzene rings is 1. The molecule has 0 spiro atoms. The van der Waals surface area contributed by atoms with Crippen LogP contribution in [0.15, 0.2) is 53.7 Å². The van der Waals surface area contributed by atoms with Crippen LogP contribution in [0.5, 0.6) is 0 Å². The summed E-state index contributed by atoms with van der Waals surface area (Å²) in [5, 5.41) is 2.95. The van der Waals surface area contributed by atoms with Crippen molar-refractivity contribution in [2.24, 2.45) is 0 Å². The van der Waals surface area contributed by atoms with Crippen molar-refractivity contribution >= 4 is 33.2 Å². The second-order valence-corrected chi connectivity index (χ2v) is 6.60. The lowest BCUT2D eigenvalue weighted by Gasteiger charge is -2.07. The molecule has 0 saturated heterocycles. The van der Waals surface area contributed by atoms with Crippen LogP contribution in [-0.4, -0.2) is 25.9 Å². The molecule has 116 valence electrons. The van der Waals surface area contributed by atoms with E-state index >= 15 is 0 Å². The number of nitrogens with zero attached hydrogens (tertiary/aromatic N) is 1. The summed E-state index contributed by atoms with van der Waals surface area (Å²) in [6.07, 6.45) is 3.11. The molecule has 22 heavy (non-hydrogen) atoms. The van der Waals surface area contributed by atoms with Gasteiger partial charge in [0.15, 0.2) is 0 Å². The van der Waals surface area contributed by atoms with Crippen molar-refractivity contribution in [1.82, 2.24) is 9.71 Å². The van der Waals surface area contributed by atoms with E-state index in [1.54, 1.807) is 30.5 Å². The molecule has 0 radical (unpaired) electrons. The molecule has 0 aliphatic rings. The molecule has 0 unspecified atom stereocenters. The number of halogens is 1. The van der Waals surface area contributed by atoms with E-state index in [4.69, 9.17) is 11.6 Å². The van der Waals surface area contributed by atoms with Gasteiger partial charge in [0.25, 0.3) is 0 Å². The number of aromatic nitrogens is 1. The fourth-order valence-corrected chi connectivity index (χ4v) is 3.01. The van der Waals surface area contributed by atoms with Crippen molar-refractivity contribution in [3.05, 3.63) is 53.8 Å². The van der Waals surface area contributed by atoms with E-state index in [0.29, 0.717) is 10.7 Å². The maximum atomic E-state index is 12.0. The topological polar surface area (TPSA) is 88.2 Å². The summed E-state index contributed by atoms with van der Waals surface area (Å²) in [4.78, 5) is 15.6. The van der Waals surface area contributed by atoms with E-state index in [9.17, 15) is 13.2 Å². The minimum Gasteiger partial charge on any atom is -0.325 e. The molecule has 2 N–H and O–H groups in total. The molecule has 0 atom stereocenters. The summed E-state index contributed by atoms with van der Waals surface area (Å²) in [5.41, 5.74) is 0.560. The highest BCUT2D eigenvalue weighted by Gasteiger charge is 2.14. The monoisotopic (exact) mass is 339 g/mol. The minimum absolute atomic E-state index is 0.00862. The normalized spacial score (nSPS) is 11.1. The number of carbonyl (C=O) groups excluding carboxylic acids is 1. The Bertz CT molecular complexity index is 751. The molecular formula is C14H14ClN3O3S. The quantitative estimate of drug-likeness (QED) is 0.843. The van der Waals surface area contributed by atoms with Crippen molar-refractivity contribution < 1.29 is 13.2 Å². The first kappa shape index (κ1) is 16.4. The molecule has 0 aliphatic heterocycles. The fourth-order valence-electron chi connectivity index (χ4n) is 1.68. The number of hydrogen-bond acceptors (Lipinski definition) is 4. The van der Waals surface area contributed by atoms with E-state index in [0.717, 1.165) is 0 Å². The molecule has 0 fully saturated rings. The van der Waals surface area contributed by atoms with Crippen LogP contribution in [0.2, 0.25) is 5.02 Å². The second-order valence-electron chi connectivity index (χ2n) is 4.40. The smallest absolute Gasteiger partial charge is 0.240 e. The first-order chi connectivity index (χ1) is 10.5. The number of pyridine rings is 1. The number of amides is 1. The maximum Gasteiger partial charge on any atom is 0.240 e. The largest absolute Gasteiger partial charge is 0.325 e. The third-order valence-corrected chi connectivity index (χ3v) is 4.39.